The van der Waals surface area contributed by atoms with Crippen molar-refractivity contribution >= 4 is 5.82 Å². The molecule has 128 valence electrons. The van der Waals surface area contributed by atoms with Gasteiger partial charge in [0.15, 0.2) is 17.4 Å². The predicted octanol–water partition coefficient (Wildman–Crippen LogP) is 3.35. The minimum absolute atomic E-state index is 0.0618. The highest BCUT2D eigenvalue weighted by atomic mass is 19.1. The van der Waals surface area contributed by atoms with Crippen LogP contribution in [0.15, 0.2) is 36.4 Å². The molecule has 0 fully saturated rings. The van der Waals surface area contributed by atoms with Gasteiger partial charge in [0, 0.05) is 17.7 Å². The van der Waals surface area contributed by atoms with Gasteiger partial charge in [-0.2, -0.15) is 5.10 Å². The van der Waals surface area contributed by atoms with E-state index in [1.165, 1.54) is 6.07 Å². The molecule has 0 saturated heterocycles. The summed E-state index contributed by atoms with van der Waals surface area (Å²) in [4.78, 5) is 0. The van der Waals surface area contributed by atoms with Crippen molar-refractivity contribution in [3.63, 3.8) is 0 Å². The Morgan fingerprint density at radius 2 is 2.08 bits per heavy atom. The van der Waals surface area contributed by atoms with Crippen molar-refractivity contribution in [1.29, 1.82) is 0 Å². The zero-order chi connectivity index (χ0) is 17.4. The van der Waals surface area contributed by atoms with Crippen LogP contribution >= 0.6 is 0 Å². The quantitative estimate of drug-likeness (QED) is 0.793. The number of fused-ring (bicyclic) bond motifs is 1. The molecular weight excluding hydrogens is 321 g/mol. The maximum absolute atomic E-state index is 13.9. The molecule has 0 saturated carbocycles. The SMILES string of the molecule is Cc1cc(C)n(-c2ccc(N[C@H]3CCOc4c(F)cccc43)nn2)n1. The lowest BCUT2D eigenvalue weighted by Gasteiger charge is -2.27. The second-order valence-electron chi connectivity index (χ2n) is 6.11. The number of halogens is 1. The Morgan fingerprint density at radius 3 is 2.80 bits per heavy atom. The molecule has 2 aromatic heterocycles. The van der Waals surface area contributed by atoms with Crippen LogP contribution in [0, 0.1) is 19.7 Å². The van der Waals surface area contributed by atoms with Crippen molar-refractivity contribution in [2.45, 2.75) is 26.3 Å². The third-order valence-corrected chi connectivity index (χ3v) is 4.22. The number of aromatic nitrogens is 4. The van der Waals surface area contributed by atoms with Crippen LogP contribution in [-0.2, 0) is 0 Å². The molecule has 3 aromatic rings. The summed E-state index contributed by atoms with van der Waals surface area (Å²) in [6.07, 6.45) is 0.733. The van der Waals surface area contributed by atoms with E-state index < -0.39 is 0 Å². The first kappa shape index (κ1) is 15.6. The van der Waals surface area contributed by atoms with E-state index in [1.807, 2.05) is 38.1 Å². The Bertz CT molecular complexity index is 906. The number of aryl methyl sites for hydroxylation is 2. The van der Waals surface area contributed by atoms with Crippen LogP contribution in [0.25, 0.3) is 5.82 Å². The van der Waals surface area contributed by atoms with Gasteiger partial charge in [-0.3, -0.25) is 0 Å². The standard InChI is InChI=1S/C18H18FN5O/c1-11-10-12(2)24(23-11)17-7-6-16(21-22-17)20-15-8-9-25-18-13(15)4-3-5-14(18)19/h3-7,10,15H,8-9H2,1-2H3,(H,20,21)/t15-/m0/s1. The lowest BCUT2D eigenvalue weighted by Crippen LogP contribution is -2.21. The summed E-state index contributed by atoms with van der Waals surface area (Å²) in [6, 6.07) is 10.6. The van der Waals surface area contributed by atoms with E-state index >= 15 is 0 Å². The van der Waals surface area contributed by atoms with Gasteiger partial charge < -0.3 is 10.1 Å². The zero-order valence-corrected chi connectivity index (χ0v) is 14.0. The molecule has 1 atom stereocenters. The first-order valence-electron chi connectivity index (χ1n) is 8.17. The fourth-order valence-corrected chi connectivity index (χ4v) is 3.09. The molecule has 1 aromatic carbocycles. The van der Waals surface area contributed by atoms with E-state index in [9.17, 15) is 4.39 Å². The van der Waals surface area contributed by atoms with Gasteiger partial charge in [-0.05, 0) is 38.1 Å². The van der Waals surface area contributed by atoms with Crippen LogP contribution in [0.5, 0.6) is 5.75 Å². The van der Waals surface area contributed by atoms with Crippen LogP contribution in [0.4, 0.5) is 10.2 Å². The first-order chi connectivity index (χ1) is 12.1. The lowest BCUT2D eigenvalue weighted by molar-refractivity contribution is 0.260. The van der Waals surface area contributed by atoms with Crippen LogP contribution < -0.4 is 10.1 Å². The smallest absolute Gasteiger partial charge is 0.176 e. The summed E-state index contributed by atoms with van der Waals surface area (Å²) in [7, 11) is 0. The Kier molecular flexibility index (Phi) is 3.83. The highest BCUT2D eigenvalue weighted by Crippen LogP contribution is 2.35. The Labute approximate surface area is 144 Å². The van der Waals surface area contributed by atoms with Crippen molar-refractivity contribution in [2.24, 2.45) is 0 Å². The topological polar surface area (TPSA) is 64.9 Å². The van der Waals surface area contributed by atoms with Crippen molar-refractivity contribution < 1.29 is 9.13 Å². The van der Waals surface area contributed by atoms with Gasteiger partial charge in [-0.1, -0.05) is 12.1 Å². The molecule has 0 spiro atoms. The third-order valence-electron chi connectivity index (χ3n) is 4.22. The lowest BCUT2D eigenvalue weighted by atomic mass is 10.0. The second-order valence-corrected chi connectivity index (χ2v) is 6.11. The van der Waals surface area contributed by atoms with Gasteiger partial charge in [0.1, 0.15) is 5.82 Å². The van der Waals surface area contributed by atoms with Crippen molar-refractivity contribution in [1.82, 2.24) is 20.0 Å². The number of para-hydroxylation sites is 1. The van der Waals surface area contributed by atoms with Crippen LogP contribution in [0.3, 0.4) is 0 Å². The minimum Gasteiger partial charge on any atom is -0.490 e. The molecule has 0 radical (unpaired) electrons. The van der Waals surface area contributed by atoms with Gasteiger partial charge in [-0.15, -0.1) is 10.2 Å². The number of benzene rings is 1. The monoisotopic (exact) mass is 339 g/mol. The summed E-state index contributed by atoms with van der Waals surface area (Å²) in [5, 5.41) is 16.2. The number of nitrogens with zero attached hydrogens (tertiary/aromatic N) is 4. The molecule has 6 nitrogen and oxygen atoms in total. The van der Waals surface area contributed by atoms with E-state index in [1.54, 1.807) is 10.7 Å². The number of rotatable bonds is 3. The van der Waals surface area contributed by atoms with E-state index in [-0.39, 0.29) is 11.9 Å². The highest BCUT2D eigenvalue weighted by Gasteiger charge is 2.24. The number of ether oxygens (including phenoxy) is 1. The van der Waals surface area contributed by atoms with E-state index in [0.29, 0.717) is 24.0 Å². The largest absolute Gasteiger partial charge is 0.490 e. The summed E-state index contributed by atoms with van der Waals surface area (Å²) in [5.74, 6) is 1.27. The number of nitrogens with one attached hydrogen (secondary N) is 1. The summed E-state index contributed by atoms with van der Waals surface area (Å²) in [6.45, 7) is 4.37. The maximum Gasteiger partial charge on any atom is 0.176 e. The molecule has 7 heteroatoms. The number of anilines is 1. The van der Waals surface area contributed by atoms with Crippen LogP contribution in [0.1, 0.15) is 29.4 Å². The molecule has 1 aliphatic rings. The normalized spacial score (nSPS) is 16.2. The van der Waals surface area contributed by atoms with Gasteiger partial charge in [-0.25, -0.2) is 9.07 Å². The number of hydrogen-bond acceptors (Lipinski definition) is 5. The van der Waals surface area contributed by atoms with E-state index in [4.69, 9.17) is 4.74 Å². The van der Waals surface area contributed by atoms with Crippen molar-refractivity contribution in [3.8, 4) is 11.6 Å². The summed E-state index contributed by atoms with van der Waals surface area (Å²) >= 11 is 0. The molecular formula is C18H18FN5O. The Hall–Kier alpha value is -2.96. The fraction of sp³-hybridized carbons (Fsp3) is 0.278. The fourth-order valence-electron chi connectivity index (χ4n) is 3.09. The number of hydrogen-bond donors (Lipinski definition) is 1. The van der Waals surface area contributed by atoms with E-state index in [0.717, 1.165) is 23.4 Å². The third kappa shape index (κ3) is 2.93. The molecule has 0 unspecified atom stereocenters. The zero-order valence-electron chi connectivity index (χ0n) is 14.0. The molecule has 0 bridgehead atoms. The predicted molar refractivity (Wildman–Crippen MR) is 91.5 cm³/mol. The minimum atomic E-state index is -0.338. The summed E-state index contributed by atoms with van der Waals surface area (Å²) in [5.41, 5.74) is 2.74. The average molecular weight is 339 g/mol. The molecule has 1 N–H and O–H groups in total. The van der Waals surface area contributed by atoms with Gasteiger partial charge in [0.05, 0.1) is 18.3 Å². The van der Waals surface area contributed by atoms with Crippen LogP contribution in [0.2, 0.25) is 0 Å². The van der Waals surface area contributed by atoms with Crippen molar-refractivity contribution in [3.05, 3.63) is 59.2 Å². The molecule has 0 aliphatic carbocycles. The van der Waals surface area contributed by atoms with Gasteiger partial charge >= 0.3 is 0 Å². The van der Waals surface area contributed by atoms with E-state index in [2.05, 4.69) is 20.6 Å². The highest BCUT2D eigenvalue weighted by molar-refractivity contribution is 5.45. The average Bonchev–Trinajstić information content (AvgIpc) is 2.95. The Balaban J connectivity index is 1.57. The van der Waals surface area contributed by atoms with Gasteiger partial charge in [0.25, 0.3) is 0 Å². The Morgan fingerprint density at radius 1 is 1.20 bits per heavy atom. The molecule has 25 heavy (non-hydrogen) atoms. The molecule has 3 heterocycles. The summed E-state index contributed by atoms with van der Waals surface area (Å²) < 4.78 is 21.1. The molecule has 4 rings (SSSR count). The first-order valence-corrected chi connectivity index (χ1v) is 8.17. The molecule has 1 aliphatic heterocycles. The second kappa shape index (κ2) is 6.16. The van der Waals surface area contributed by atoms with Crippen molar-refractivity contribution in [2.75, 3.05) is 11.9 Å². The maximum atomic E-state index is 13.9. The molecule has 0 amide bonds. The van der Waals surface area contributed by atoms with Gasteiger partial charge in [0.2, 0.25) is 0 Å². The van der Waals surface area contributed by atoms with Crippen LogP contribution in [-0.4, -0.2) is 26.6 Å².